The Bertz CT molecular complexity index is 947. The predicted molar refractivity (Wildman–Crippen MR) is 90.0 cm³/mol. The molecule has 0 atom stereocenters. The maximum atomic E-state index is 14.3. The molecular weight excluding hydrogens is 448 g/mol. The molecule has 13 heteroatoms. The van der Waals surface area contributed by atoms with Crippen molar-refractivity contribution in [1.82, 2.24) is 20.0 Å². The van der Waals surface area contributed by atoms with Gasteiger partial charge in [0.05, 0.1) is 10.2 Å². The van der Waals surface area contributed by atoms with E-state index in [4.69, 9.17) is 5.73 Å². The standard InChI is InChI=1S/C12H8BrF2N5O3S.ClH/c13-7-5(14)1-2-6(8(7)15)20-10(18-22-12(20)21)9-11(19-23-17-9)24-4-3-16;/h1-2H,3-4,16H2;1H. The van der Waals surface area contributed by atoms with E-state index in [0.29, 0.717) is 17.3 Å². The van der Waals surface area contributed by atoms with Crippen LogP contribution in [-0.2, 0) is 0 Å². The number of nitrogens with two attached hydrogens (primary N) is 1. The summed E-state index contributed by atoms with van der Waals surface area (Å²) in [4.78, 5) is 12.0. The Morgan fingerprint density at radius 3 is 2.76 bits per heavy atom. The molecular formula is C12H9BrClF2N5O3S. The fourth-order valence-corrected chi connectivity index (χ4v) is 2.87. The van der Waals surface area contributed by atoms with Crippen molar-refractivity contribution in [2.45, 2.75) is 5.03 Å². The molecule has 0 bridgehead atoms. The van der Waals surface area contributed by atoms with Crippen LogP contribution in [0.5, 0.6) is 0 Å². The van der Waals surface area contributed by atoms with Gasteiger partial charge in [0, 0.05) is 12.3 Å². The predicted octanol–water partition coefficient (Wildman–Crippen LogP) is 2.39. The minimum absolute atomic E-state index is 0. The number of hydrogen-bond donors (Lipinski definition) is 1. The van der Waals surface area contributed by atoms with E-state index in [2.05, 4.69) is 40.6 Å². The van der Waals surface area contributed by atoms with E-state index in [1.807, 2.05) is 0 Å². The molecule has 3 aromatic rings. The summed E-state index contributed by atoms with van der Waals surface area (Å²) in [6.45, 7) is 0.377. The van der Waals surface area contributed by atoms with Crippen LogP contribution in [0.1, 0.15) is 0 Å². The highest BCUT2D eigenvalue weighted by molar-refractivity contribution is 9.10. The number of thioether (sulfide) groups is 1. The molecule has 1 aromatic carbocycles. The summed E-state index contributed by atoms with van der Waals surface area (Å²) >= 11 is 4.00. The smallest absolute Gasteiger partial charge is 0.330 e. The summed E-state index contributed by atoms with van der Waals surface area (Å²) in [5.74, 6) is -2.39. The van der Waals surface area contributed by atoms with Crippen molar-refractivity contribution < 1.29 is 17.9 Å². The first kappa shape index (κ1) is 19.6. The van der Waals surface area contributed by atoms with Crippen molar-refractivity contribution in [2.24, 2.45) is 5.73 Å². The summed E-state index contributed by atoms with van der Waals surface area (Å²) in [7, 11) is 0. The lowest BCUT2D eigenvalue weighted by Crippen LogP contribution is -2.15. The highest BCUT2D eigenvalue weighted by Crippen LogP contribution is 2.30. The first-order valence-corrected chi connectivity index (χ1v) is 8.20. The lowest BCUT2D eigenvalue weighted by atomic mass is 10.3. The highest BCUT2D eigenvalue weighted by atomic mass is 79.9. The fourth-order valence-electron chi connectivity index (χ4n) is 1.87. The van der Waals surface area contributed by atoms with E-state index in [-0.39, 0.29) is 29.6 Å². The van der Waals surface area contributed by atoms with Gasteiger partial charge in [0.1, 0.15) is 5.82 Å². The molecule has 0 aliphatic rings. The minimum atomic E-state index is -0.992. The molecule has 2 N–H and O–H groups in total. The fraction of sp³-hybridized carbons (Fsp3) is 0.167. The van der Waals surface area contributed by atoms with Gasteiger partial charge >= 0.3 is 5.76 Å². The molecule has 0 unspecified atom stereocenters. The van der Waals surface area contributed by atoms with Crippen LogP contribution < -0.4 is 11.5 Å². The summed E-state index contributed by atoms with van der Waals surface area (Å²) in [6.07, 6.45) is 0. The third-order valence-corrected chi connectivity index (χ3v) is 4.60. The number of benzene rings is 1. The average molecular weight is 457 g/mol. The zero-order valence-electron chi connectivity index (χ0n) is 12.1. The molecule has 0 amide bonds. The Hall–Kier alpha value is -1.76. The van der Waals surface area contributed by atoms with E-state index >= 15 is 0 Å². The van der Waals surface area contributed by atoms with E-state index in [1.54, 1.807) is 0 Å². The van der Waals surface area contributed by atoms with Crippen LogP contribution in [0.2, 0.25) is 0 Å². The Labute approximate surface area is 157 Å². The van der Waals surface area contributed by atoms with Crippen LogP contribution in [0, 0.1) is 11.6 Å². The molecule has 0 saturated heterocycles. The molecule has 0 radical (unpaired) electrons. The molecule has 3 rings (SSSR count). The molecule has 25 heavy (non-hydrogen) atoms. The second kappa shape index (κ2) is 8.08. The van der Waals surface area contributed by atoms with Crippen molar-refractivity contribution in [3.8, 4) is 17.2 Å². The van der Waals surface area contributed by atoms with Crippen molar-refractivity contribution in [1.29, 1.82) is 0 Å². The first-order valence-electron chi connectivity index (χ1n) is 6.43. The van der Waals surface area contributed by atoms with Gasteiger partial charge in [-0.05, 0) is 38.4 Å². The van der Waals surface area contributed by atoms with E-state index in [1.165, 1.54) is 11.8 Å². The maximum Gasteiger partial charge on any atom is 0.446 e. The summed E-state index contributed by atoms with van der Waals surface area (Å²) in [5.41, 5.74) is 5.25. The van der Waals surface area contributed by atoms with Gasteiger partial charge in [0.15, 0.2) is 16.5 Å². The highest BCUT2D eigenvalue weighted by Gasteiger charge is 2.25. The van der Waals surface area contributed by atoms with Gasteiger partial charge < -0.3 is 5.73 Å². The Balaban J connectivity index is 0.00000225. The summed E-state index contributed by atoms with van der Waals surface area (Å²) in [6, 6.07) is 2.08. The molecule has 0 fully saturated rings. The number of aromatic nitrogens is 4. The zero-order valence-corrected chi connectivity index (χ0v) is 15.3. The van der Waals surface area contributed by atoms with Gasteiger partial charge in [-0.2, -0.15) is 0 Å². The van der Waals surface area contributed by atoms with Gasteiger partial charge in [-0.25, -0.2) is 22.8 Å². The second-order valence-corrected chi connectivity index (χ2v) is 6.23. The zero-order chi connectivity index (χ0) is 17.3. The molecule has 2 aromatic heterocycles. The van der Waals surface area contributed by atoms with Crippen LogP contribution in [0.3, 0.4) is 0 Å². The molecule has 8 nitrogen and oxygen atoms in total. The van der Waals surface area contributed by atoms with Crippen molar-refractivity contribution in [3.05, 3.63) is 38.8 Å². The maximum absolute atomic E-state index is 14.3. The first-order chi connectivity index (χ1) is 11.5. The van der Waals surface area contributed by atoms with Crippen LogP contribution in [0.25, 0.3) is 17.2 Å². The van der Waals surface area contributed by atoms with Gasteiger partial charge in [-0.1, -0.05) is 16.9 Å². The third-order valence-electron chi connectivity index (χ3n) is 2.89. The monoisotopic (exact) mass is 455 g/mol. The number of nitrogens with zero attached hydrogens (tertiary/aromatic N) is 4. The molecule has 134 valence electrons. The van der Waals surface area contributed by atoms with E-state index in [0.717, 1.165) is 16.7 Å². The Morgan fingerprint density at radius 2 is 2.04 bits per heavy atom. The van der Waals surface area contributed by atoms with Gasteiger partial charge in [0.2, 0.25) is 5.82 Å². The van der Waals surface area contributed by atoms with Crippen molar-refractivity contribution >= 4 is 40.1 Å². The van der Waals surface area contributed by atoms with Gasteiger partial charge in [0.25, 0.3) is 0 Å². The molecule has 0 spiro atoms. The third kappa shape index (κ3) is 3.61. The van der Waals surface area contributed by atoms with E-state index in [9.17, 15) is 13.6 Å². The van der Waals surface area contributed by atoms with Crippen molar-refractivity contribution in [3.63, 3.8) is 0 Å². The van der Waals surface area contributed by atoms with Gasteiger partial charge in [-0.15, -0.1) is 12.4 Å². The largest absolute Gasteiger partial charge is 0.446 e. The average Bonchev–Trinajstić information content (AvgIpc) is 3.17. The topological polar surface area (TPSA) is 113 Å². The minimum Gasteiger partial charge on any atom is -0.330 e. The lowest BCUT2D eigenvalue weighted by Gasteiger charge is -2.06. The summed E-state index contributed by atoms with van der Waals surface area (Å²) in [5, 5.41) is 11.3. The lowest BCUT2D eigenvalue weighted by molar-refractivity contribution is 0.299. The number of hydrogen-bond acceptors (Lipinski definition) is 8. The van der Waals surface area contributed by atoms with Gasteiger partial charge in [-0.3, -0.25) is 4.52 Å². The van der Waals surface area contributed by atoms with Crippen LogP contribution in [0.15, 0.2) is 35.6 Å². The molecule has 2 heterocycles. The van der Waals surface area contributed by atoms with Crippen LogP contribution >= 0.6 is 40.1 Å². The van der Waals surface area contributed by atoms with Crippen LogP contribution in [0.4, 0.5) is 8.78 Å². The number of halogens is 4. The second-order valence-electron chi connectivity index (χ2n) is 4.36. The SMILES string of the molecule is Cl.NCCSc1nonc1-c1noc(=O)n1-c1ccc(F)c(Br)c1F. The molecule has 0 saturated carbocycles. The number of rotatable bonds is 5. The molecule has 0 aliphatic heterocycles. The summed E-state index contributed by atoms with van der Waals surface area (Å²) < 4.78 is 37.4. The Morgan fingerprint density at radius 1 is 1.28 bits per heavy atom. The van der Waals surface area contributed by atoms with E-state index < -0.39 is 21.9 Å². The quantitative estimate of drug-likeness (QED) is 0.460. The Kier molecular flexibility index (Phi) is 6.32. The molecule has 0 aliphatic carbocycles. The normalized spacial score (nSPS) is 10.7. The van der Waals surface area contributed by atoms with Crippen molar-refractivity contribution in [2.75, 3.05) is 12.3 Å². The van der Waals surface area contributed by atoms with Crippen LogP contribution in [-0.4, -0.2) is 32.3 Å².